The molecule has 1 aliphatic rings. The molecule has 1 amide bonds. The molecule has 1 aliphatic heterocycles. The van der Waals surface area contributed by atoms with Crippen LogP contribution in [-0.4, -0.2) is 51.6 Å². The van der Waals surface area contributed by atoms with Crippen molar-refractivity contribution >= 4 is 23.2 Å². The van der Waals surface area contributed by atoms with Gasteiger partial charge in [-0.15, -0.1) is 5.10 Å². The highest BCUT2D eigenvalue weighted by atomic mass is 19.1. The van der Waals surface area contributed by atoms with Crippen LogP contribution in [0.25, 0.3) is 16.9 Å². The summed E-state index contributed by atoms with van der Waals surface area (Å²) in [7, 11) is 0. The van der Waals surface area contributed by atoms with E-state index in [9.17, 15) is 9.18 Å². The molecule has 2 aromatic carbocycles. The predicted octanol–water partition coefficient (Wildman–Crippen LogP) is 4.41. The van der Waals surface area contributed by atoms with Crippen LogP contribution in [0.4, 0.5) is 16.0 Å². The van der Waals surface area contributed by atoms with Crippen molar-refractivity contribution in [2.45, 2.75) is 19.8 Å². The van der Waals surface area contributed by atoms with Gasteiger partial charge in [-0.05, 0) is 74.8 Å². The fraction of sp³-hybridized carbons (Fsp3) is 0.269. The number of aryl methyl sites for hydroxylation is 1. The number of carbonyl (C=O) groups is 1. The molecule has 0 bridgehead atoms. The lowest BCUT2D eigenvalue weighted by Crippen LogP contribution is -2.33. The summed E-state index contributed by atoms with van der Waals surface area (Å²) in [5, 5.41) is 10.8. The third-order valence-corrected chi connectivity index (χ3v) is 6.12. The van der Waals surface area contributed by atoms with Crippen molar-refractivity contribution in [1.29, 1.82) is 0 Å². The number of rotatable bonds is 7. The van der Waals surface area contributed by atoms with E-state index >= 15 is 0 Å². The molecule has 5 rings (SSSR count). The Morgan fingerprint density at radius 1 is 1.06 bits per heavy atom. The van der Waals surface area contributed by atoms with Crippen molar-refractivity contribution in [2.75, 3.05) is 31.5 Å². The Bertz CT molecular complexity index is 1330. The first-order chi connectivity index (χ1) is 16.6. The number of amides is 1. The van der Waals surface area contributed by atoms with Gasteiger partial charge in [0.2, 0.25) is 5.95 Å². The molecule has 1 fully saturated rings. The summed E-state index contributed by atoms with van der Waals surface area (Å²) < 4.78 is 15.8. The predicted molar refractivity (Wildman–Crippen MR) is 131 cm³/mol. The van der Waals surface area contributed by atoms with Crippen molar-refractivity contribution in [3.05, 3.63) is 77.6 Å². The van der Waals surface area contributed by atoms with Crippen LogP contribution in [0, 0.1) is 12.7 Å². The van der Waals surface area contributed by atoms with Gasteiger partial charge in [0.05, 0.1) is 5.69 Å². The Kier molecular flexibility index (Phi) is 6.22. The van der Waals surface area contributed by atoms with Gasteiger partial charge in [-0.2, -0.15) is 4.98 Å². The van der Waals surface area contributed by atoms with Gasteiger partial charge in [-0.1, -0.05) is 24.3 Å². The lowest BCUT2D eigenvalue weighted by atomic mass is 10.1. The summed E-state index contributed by atoms with van der Waals surface area (Å²) in [4.78, 5) is 19.5. The molecule has 8 heteroatoms. The van der Waals surface area contributed by atoms with E-state index in [2.05, 4.69) is 25.6 Å². The van der Waals surface area contributed by atoms with Gasteiger partial charge in [0.25, 0.3) is 5.91 Å². The molecule has 7 nitrogen and oxygen atoms in total. The Balaban J connectivity index is 1.31. The lowest BCUT2D eigenvalue weighted by molar-refractivity contribution is 0.0950. The summed E-state index contributed by atoms with van der Waals surface area (Å²) in [5.41, 5.74) is 3.98. The molecule has 0 atom stereocenters. The number of aromatic nitrogens is 3. The van der Waals surface area contributed by atoms with E-state index in [4.69, 9.17) is 0 Å². The van der Waals surface area contributed by atoms with Gasteiger partial charge in [0.15, 0.2) is 5.65 Å². The van der Waals surface area contributed by atoms with Crippen LogP contribution < -0.4 is 10.6 Å². The van der Waals surface area contributed by atoms with Crippen LogP contribution in [0.15, 0.2) is 60.7 Å². The maximum absolute atomic E-state index is 14.1. The Hall–Kier alpha value is -3.78. The molecule has 0 aliphatic carbocycles. The standard InChI is InChI=1S/C26H27FN6O/c1-18-10-11-19(17-22(18)27)23-8-5-9-24-30-26(31-33(23)24)29-21-7-4-6-20(16-21)25(34)28-12-15-32-13-2-3-14-32/h4-11,16-17H,2-3,12-15H2,1H3,(H,28,34)(H,29,31). The Morgan fingerprint density at radius 2 is 1.88 bits per heavy atom. The molecule has 174 valence electrons. The molecule has 0 saturated carbocycles. The Labute approximate surface area is 197 Å². The molecule has 2 N–H and O–H groups in total. The van der Waals surface area contributed by atoms with Gasteiger partial charge in [0, 0.05) is 29.9 Å². The molecule has 1 saturated heterocycles. The smallest absolute Gasteiger partial charge is 0.251 e. The summed E-state index contributed by atoms with van der Waals surface area (Å²) in [6, 6.07) is 18.0. The van der Waals surface area contributed by atoms with Gasteiger partial charge in [0.1, 0.15) is 5.82 Å². The van der Waals surface area contributed by atoms with E-state index in [0.717, 1.165) is 30.9 Å². The normalized spacial score (nSPS) is 13.9. The summed E-state index contributed by atoms with van der Waals surface area (Å²) in [6.45, 7) is 5.47. The number of carbonyl (C=O) groups excluding carboxylic acids is 1. The minimum absolute atomic E-state index is 0.102. The highest BCUT2D eigenvalue weighted by molar-refractivity contribution is 5.95. The van der Waals surface area contributed by atoms with Crippen LogP contribution in [0.5, 0.6) is 0 Å². The number of anilines is 2. The van der Waals surface area contributed by atoms with Crippen LogP contribution in [0.3, 0.4) is 0 Å². The van der Waals surface area contributed by atoms with E-state index in [1.807, 2.05) is 36.4 Å². The van der Waals surface area contributed by atoms with E-state index in [1.165, 1.54) is 18.9 Å². The number of pyridine rings is 1. The average Bonchev–Trinajstić information content (AvgIpc) is 3.50. The van der Waals surface area contributed by atoms with Crippen LogP contribution in [-0.2, 0) is 0 Å². The molecule has 0 unspecified atom stereocenters. The number of fused-ring (bicyclic) bond motifs is 1. The van der Waals surface area contributed by atoms with Crippen molar-refractivity contribution in [3.63, 3.8) is 0 Å². The summed E-state index contributed by atoms with van der Waals surface area (Å²) >= 11 is 0. The highest BCUT2D eigenvalue weighted by Gasteiger charge is 2.13. The molecule has 34 heavy (non-hydrogen) atoms. The summed E-state index contributed by atoms with van der Waals surface area (Å²) in [5.74, 6) is 0.0320. The molecule has 3 heterocycles. The zero-order valence-corrected chi connectivity index (χ0v) is 19.1. The lowest BCUT2D eigenvalue weighted by Gasteiger charge is -2.14. The minimum Gasteiger partial charge on any atom is -0.351 e. The van der Waals surface area contributed by atoms with Crippen LogP contribution in [0.1, 0.15) is 28.8 Å². The third-order valence-electron chi connectivity index (χ3n) is 6.12. The molecule has 0 radical (unpaired) electrons. The largest absolute Gasteiger partial charge is 0.351 e. The molecule has 2 aromatic heterocycles. The van der Waals surface area contributed by atoms with Gasteiger partial charge < -0.3 is 15.5 Å². The van der Waals surface area contributed by atoms with E-state index in [1.54, 1.807) is 29.6 Å². The SMILES string of the molecule is Cc1ccc(-c2cccc3nc(Nc4cccc(C(=O)NCCN5CCCC5)c4)nn23)cc1F. The van der Waals surface area contributed by atoms with Crippen LogP contribution >= 0.6 is 0 Å². The van der Waals surface area contributed by atoms with E-state index < -0.39 is 0 Å². The monoisotopic (exact) mass is 458 g/mol. The van der Waals surface area contributed by atoms with E-state index in [-0.39, 0.29) is 11.7 Å². The third kappa shape index (κ3) is 4.77. The van der Waals surface area contributed by atoms with E-state index in [0.29, 0.717) is 35.0 Å². The maximum atomic E-state index is 14.1. The van der Waals surface area contributed by atoms with Crippen molar-refractivity contribution in [1.82, 2.24) is 24.8 Å². The first-order valence-electron chi connectivity index (χ1n) is 11.6. The number of hydrogen-bond donors (Lipinski definition) is 2. The van der Waals surface area contributed by atoms with Crippen molar-refractivity contribution in [2.24, 2.45) is 0 Å². The first-order valence-corrected chi connectivity index (χ1v) is 11.6. The van der Waals surface area contributed by atoms with Gasteiger partial charge >= 0.3 is 0 Å². The zero-order chi connectivity index (χ0) is 23.5. The average molecular weight is 459 g/mol. The number of nitrogens with one attached hydrogen (secondary N) is 2. The fourth-order valence-corrected chi connectivity index (χ4v) is 4.23. The zero-order valence-electron chi connectivity index (χ0n) is 19.1. The second kappa shape index (κ2) is 9.61. The number of hydrogen-bond acceptors (Lipinski definition) is 5. The van der Waals surface area contributed by atoms with Crippen molar-refractivity contribution in [3.8, 4) is 11.3 Å². The van der Waals surface area contributed by atoms with Crippen molar-refractivity contribution < 1.29 is 9.18 Å². The quantitative estimate of drug-likeness (QED) is 0.429. The molecular weight excluding hydrogens is 431 g/mol. The minimum atomic E-state index is -0.261. The number of likely N-dealkylation sites (tertiary alicyclic amines) is 1. The van der Waals surface area contributed by atoms with Gasteiger partial charge in [-0.3, -0.25) is 4.79 Å². The topological polar surface area (TPSA) is 74.6 Å². The number of benzene rings is 2. The molecule has 4 aromatic rings. The van der Waals surface area contributed by atoms with Gasteiger partial charge in [-0.25, -0.2) is 8.91 Å². The number of halogens is 1. The first kappa shape index (κ1) is 22.0. The molecular formula is C26H27FN6O. The maximum Gasteiger partial charge on any atom is 0.251 e. The second-order valence-corrected chi connectivity index (χ2v) is 8.59. The fourth-order valence-electron chi connectivity index (χ4n) is 4.23. The Morgan fingerprint density at radius 3 is 2.71 bits per heavy atom. The second-order valence-electron chi connectivity index (χ2n) is 8.59. The number of nitrogens with zero attached hydrogens (tertiary/aromatic N) is 4. The van der Waals surface area contributed by atoms with Crippen LogP contribution in [0.2, 0.25) is 0 Å². The molecule has 0 spiro atoms. The summed E-state index contributed by atoms with van der Waals surface area (Å²) in [6.07, 6.45) is 2.48. The highest BCUT2D eigenvalue weighted by Crippen LogP contribution is 2.24.